The van der Waals surface area contributed by atoms with Gasteiger partial charge in [0.25, 0.3) is 0 Å². The number of hydrogen-bond donors (Lipinski definition) is 1. The van der Waals surface area contributed by atoms with Crippen LogP contribution in [-0.4, -0.2) is 41.6 Å². The van der Waals surface area contributed by atoms with Gasteiger partial charge in [-0.05, 0) is 46.8 Å². The highest BCUT2D eigenvalue weighted by Gasteiger charge is 2.30. The van der Waals surface area contributed by atoms with Crippen molar-refractivity contribution >= 4 is 0 Å². The van der Waals surface area contributed by atoms with Gasteiger partial charge in [-0.25, -0.2) is 4.98 Å². The summed E-state index contributed by atoms with van der Waals surface area (Å²) in [7, 11) is 4.22. The third kappa shape index (κ3) is 2.45. The van der Waals surface area contributed by atoms with Crippen LogP contribution < -0.4 is 5.32 Å². The van der Waals surface area contributed by atoms with Crippen LogP contribution in [0.4, 0.5) is 0 Å². The van der Waals surface area contributed by atoms with Gasteiger partial charge in [-0.2, -0.15) is 0 Å². The molecule has 4 heteroatoms. The van der Waals surface area contributed by atoms with Crippen LogP contribution in [0.15, 0.2) is 12.5 Å². The highest BCUT2D eigenvalue weighted by molar-refractivity contribution is 5.12. The Morgan fingerprint density at radius 1 is 1.44 bits per heavy atom. The Morgan fingerprint density at radius 2 is 2.17 bits per heavy atom. The van der Waals surface area contributed by atoms with Crippen LogP contribution >= 0.6 is 0 Å². The largest absolute Gasteiger partial charge is 0.329 e. The van der Waals surface area contributed by atoms with Crippen molar-refractivity contribution in [3.05, 3.63) is 18.2 Å². The first kappa shape index (κ1) is 13.6. The molecule has 1 N–H and O–H groups in total. The van der Waals surface area contributed by atoms with Crippen molar-refractivity contribution in [1.29, 1.82) is 0 Å². The summed E-state index contributed by atoms with van der Waals surface area (Å²) < 4.78 is 2.38. The van der Waals surface area contributed by atoms with Gasteiger partial charge in [-0.3, -0.25) is 0 Å². The minimum absolute atomic E-state index is 0.0282. The average Bonchev–Trinajstić information content (AvgIpc) is 2.78. The molecule has 18 heavy (non-hydrogen) atoms. The van der Waals surface area contributed by atoms with Crippen molar-refractivity contribution in [3.8, 4) is 0 Å². The highest BCUT2D eigenvalue weighted by atomic mass is 15.2. The Morgan fingerprint density at radius 3 is 2.78 bits per heavy atom. The lowest BCUT2D eigenvalue weighted by molar-refractivity contribution is 0.153. The third-order valence-corrected chi connectivity index (χ3v) is 4.35. The normalized spacial score (nSPS) is 26.5. The van der Waals surface area contributed by atoms with Crippen LogP contribution in [0, 0.1) is 5.92 Å². The summed E-state index contributed by atoms with van der Waals surface area (Å²) in [4.78, 5) is 6.79. The van der Waals surface area contributed by atoms with E-state index in [-0.39, 0.29) is 5.54 Å². The number of hydrogen-bond acceptors (Lipinski definition) is 3. The number of likely N-dealkylation sites (tertiary alicyclic amines) is 1. The molecular weight excluding hydrogens is 224 g/mol. The van der Waals surface area contributed by atoms with E-state index in [4.69, 9.17) is 0 Å². The fourth-order valence-electron chi connectivity index (χ4n) is 2.94. The van der Waals surface area contributed by atoms with E-state index in [9.17, 15) is 0 Å². The summed E-state index contributed by atoms with van der Waals surface area (Å²) in [6.45, 7) is 9.10. The standard InChI is InChI=1S/C14H26N4/c1-11-9-17(5)7-6-12(11)18-10-16-8-13(18)14(2,3)15-4/h8,10-12,15H,6-7,9H2,1-5H3. The second kappa shape index (κ2) is 5.02. The Hall–Kier alpha value is -0.870. The fraction of sp³-hybridized carbons (Fsp3) is 0.786. The topological polar surface area (TPSA) is 33.1 Å². The van der Waals surface area contributed by atoms with Gasteiger partial charge < -0.3 is 14.8 Å². The van der Waals surface area contributed by atoms with Crippen LogP contribution in [0.25, 0.3) is 0 Å². The number of piperidine rings is 1. The van der Waals surface area contributed by atoms with E-state index in [1.54, 1.807) is 0 Å². The van der Waals surface area contributed by atoms with E-state index in [1.807, 2.05) is 19.6 Å². The van der Waals surface area contributed by atoms with E-state index in [0.29, 0.717) is 12.0 Å². The summed E-state index contributed by atoms with van der Waals surface area (Å²) in [5.41, 5.74) is 1.26. The zero-order chi connectivity index (χ0) is 13.3. The molecule has 4 nitrogen and oxygen atoms in total. The van der Waals surface area contributed by atoms with Gasteiger partial charge in [0.1, 0.15) is 0 Å². The number of rotatable bonds is 3. The van der Waals surface area contributed by atoms with Crippen molar-refractivity contribution in [3.63, 3.8) is 0 Å². The van der Waals surface area contributed by atoms with Crippen LogP contribution in [0.5, 0.6) is 0 Å². The molecule has 1 aromatic heterocycles. The highest BCUT2D eigenvalue weighted by Crippen LogP contribution is 2.31. The molecule has 1 aromatic rings. The molecule has 1 saturated heterocycles. The van der Waals surface area contributed by atoms with Gasteiger partial charge >= 0.3 is 0 Å². The molecule has 2 heterocycles. The summed E-state index contributed by atoms with van der Waals surface area (Å²) in [5, 5.41) is 3.38. The van der Waals surface area contributed by atoms with Gasteiger partial charge in [0.15, 0.2) is 0 Å². The fourth-order valence-corrected chi connectivity index (χ4v) is 2.94. The third-order valence-electron chi connectivity index (χ3n) is 4.35. The number of nitrogens with one attached hydrogen (secondary N) is 1. The minimum Gasteiger partial charge on any atom is -0.329 e. The maximum absolute atomic E-state index is 4.37. The Kier molecular flexibility index (Phi) is 3.78. The molecule has 0 aromatic carbocycles. The number of aromatic nitrogens is 2. The molecule has 2 atom stereocenters. The van der Waals surface area contributed by atoms with Crippen molar-refractivity contribution in [2.24, 2.45) is 5.92 Å². The van der Waals surface area contributed by atoms with Crippen molar-refractivity contribution < 1.29 is 0 Å². The van der Waals surface area contributed by atoms with E-state index in [0.717, 1.165) is 0 Å². The van der Waals surface area contributed by atoms with Gasteiger partial charge in [-0.15, -0.1) is 0 Å². The predicted octanol–water partition coefficient (Wildman–Crippen LogP) is 1.85. The second-order valence-corrected chi connectivity index (χ2v) is 6.16. The smallest absolute Gasteiger partial charge is 0.0951 e. The molecule has 0 aliphatic carbocycles. The van der Waals surface area contributed by atoms with Gasteiger partial charge in [-0.1, -0.05) is 6.92 Å². The molecule has 0 amide bonds. The molecule has 0 bridgehead atoms. The summed E-state index contributed by atoms with van der Waals surface area (Å²) in [6, 6.07) is 0.575. The molecule has 1 fully saturated rings. The predicted molar refractivity (Wildman–Crippen MR) is 74.6 cm³/mol. The lowest BCUT2D eigenvalue weighted by Crippen LogP contribution is -2.41. The lowest BCUT2D eigenvalue weighted by Gasteiger charge is -2.38. The molecule has 1 aliphatic rings. The van der Waals surface area contributed by atoms with E-state index < -0.39 is 0 Å². The second-order valence-electron chi connectivity index (χ2n) is 6.16. The summed E-state index contributed by atoms with van der Waals surface area (Å²) in [6.07, 6.45) is 5.21. The first-order valence-corrected chi connectivity index (χ1v) is 6.85. The van der Waals surface area contributed by atoms with Crippen LogP contribution in [0.2, 0.25) is 0 Å². The molecule has 2 rings (SSSR count). The summed E-state index contributed by atoms with van der Waals surface area (Å²) >= 11 is 0. The Labute approximate surface area is 110 Å². The molecule has 0 saturated carbocycles. The van der Waals surface area contributed by atoms with Gasteiger partial charge in [0.05, 0.1) is 23.8 Å². The zero-order valence-corrected chi connectivity index (χ0v) is 12.3. The van der Waals surface area contributed by atoms with Crippen LogP contribution in [0.1, 0.15) is 38.9 Å². The quantitative estimate of drug-likeness (QED) is 0.889. The van der Waals surface area contributed by atoms with Crippen molar-refractivity contribution in [2.75, 3.05) is 27.2 Å². The molecule has 0 spiro atoms. The monoisotopic (exact) mass is 250 g/mol. The van der Waals surface area contributed by atoms with Crippen LogP contribution in [-0.2, 0) is 5.54 Å². The summed E-state index contributed by atoms with van der Waals surface area (Å²) in [5.74, 6) is 0.671. The molecule has 1 aliphatic heterocycles. The molecular formula is C14H26N4. The molecule has 102 valence electrons. The molecule has 2 unspecified atom stereocenters. The van der Waals surface area contributed by atoms with E-state index >= 15 is 0 Å². The van der Waals surface area contributed by atoms with Crippen molar-refractivity contribution in [2.45, 2.75) is 38.8 Å². The SMILES string of the molecule is CNC(C)(C)c1cncn1C1CCN(C)CC1C. The van der Waals surface area contributed by atoms with Gasteiger partial charge in [0, 0.05) is 12.6 Å². The van der Waals surface area contributed by atoms with Gasteiger partial charge in [0.2, 0.25) is 0 Å². The van der Waals surface area contributed by atoms with E-state index in [1.165, 1.54) is 25.2 Å². The maximum atomic E-state index is 4.37. The molecule has 0 radical (unpaired) electrons. The average molecular weight is 250 g/mol. The number of nitrogens with zero attached hydrogens (tertiary/aromatic N) is 3. The number of imidazole rings is 1. The lowest BCUT2D eigenvalue weighted by atomic mass is 9.92. The van der Waals surface area contributed by atoms with Crippen molar-refractivity contribution in [1.82, 2.24) is 19.8 Å². The first-order chi connectivity index (χ1) is 8.45. The zero-order valence-electron chi connectivity index (χ0n) is 12.3. The Balaban J connectivity index is 2.27. The maximum Gasteiger partial charge on any atom is 0.0951 e. The van der Waals surface area contributed by atoms with Crippen LogP contribution in [0.3, 0.4) is 0 Å². The first-order valence-electron chi connectivity index (χ1n) is 6.85. The minimum atomic E-state index is -0.0282. The van der Waals surface area contributed by atoms with E-state index in [2.05, 4.69) is 47.6 Å². The Bertz CT molecular complexity index is 396.